The first-order chi connectivity index (χ1) is 9.86. The molecule has 0 saturated carbocycles. The second kappa shape index (κ2) is 11.1. The number of benzene rings is 1. The van der Waals surface area contributed by atoms with Crippen molar-refractivity contribution in [2.75, 3.05) is 26.9 Å². The molecule has 0 aliphatic carbocycles. The van der Waals surface area contributed by atoms with E-state index in [2.05, 4.69) is 16.6 Å². The van der Waals surface area contributed by atoms with E-state index in [1.165, 1.54) is 7.11 Å². The van der Waals surface area contributed by atoms with Crippen molar-refractivity contribution in [2.24, 2.45) is 5.16 Å². The average Bonchev–Trinajstić information content (AvgIpc) is 2.49. The second-order valence-electron chi connectivity index (χ2n) is 4.24. The Morgan fingerprint density at radius 3 is 2.60 bits per heavy atom. The molecule has 0 radical (unpaired) electrons. The van der Waals surface area contributed by atoms with Gasteiger partial charge in [0.05, 0.1) is 13.2 Å². The van der Waals surface area contributed by atoms with Crippen molar-refractivity contribution in [2.45, 2.75) is 19.3 Å². The van der Waals surface area contributed by atoms with Crippen LogP contribution in [0.5, 0.6) is 5.75 Å². The summed E-state index contributed by atoms with van der Waals surface area (Å²) >= 11 is 0. The van der Waals surface area contributed by atoms with Gasteiger partial charge in [-0.3, -0.25) is 0 Å². The maximum atomic E-state index is 5.61. The predicted molar refractivity (Wildman–Crippen MR) is 81.2 cm³/mol. The van der Waals surface area contributed by atoms with Gasteiger partial charge < -0.3 is 14.3 Å². The molecule has 1 aromatic carbocycles. The van der Waals surface area contributed by atoms with E-state index >= 15 is 0 Å². The van der Waals surface area contributed by atoms with Crippen LogP contribution in [0.2, 0.25) is 0 Å². The molecule has 1 aromatic rings. The predicted octanol–water partition coefficient (Wildman–Crippen LogP) is 3.44. The third kappa shape index (κ3) is 7.59. The average molecular weight is 277 g/mol. The van der Waals surface area contributed by atoms with E-state index in [1.54, 1.807) is 6.08 Å². The Kier molecular flexibility index (Phi) is 8.98. The number of para-hydroxylation sites is 1. The highest BCUT2D eigenvalue weighted by molar-refractivity contribution is 5.95. The molecule has 0 atom stereocenters. The van der Waals surface area contributed by atoms with Gasteiger partial charge in [0.15, 0.2) is 0 Å². The monoisotopic (exact) mass is 277 g/mol. The molecule has 4 nitrogen and oxygen atoms in total. The van der Waals surface area contributed by atoms with Gasteiger partial charge in [0.2, 0.25) is 0 Å². The smallest absolute Gasteiger partial charge is 0.119 e. The SMILES string of the molecule is C=C/C(COCCCCCOc1ccccc1)=N\OC. The van der Waals surface area contributed by atoms with Gasteiger partial charge in [0, 0.05) is 6.61 Å². The normalized spacial score (nSPS) is 11.2. The summed E-state index contributed by atoms with van der Waals surface area (Å²) in [5.74, 6) is 0.926. The second-order valence-corrected chi connectivity index (χ2v) is 4.24. The molecule has 0 fully saturated rings. The Bertz CT molecular complexity index is 390. The van der Waals surface area contributed by atoms with Crippen LogP contribution in [0.4, 0.5) is 0 Å². The third-order valence-electron chi connectivity index (χ3n) is 2.64. The highest BCUT2D eigenvalue weighted by atomic mass is 16.6. The van der Waals surface area contributed by atoms with Crippen LogP contribution in [0.3, 0.4) is 0 Å². The lowest BCUT2D eigenvalue weighted by atomic mass is 10.2. The van der Waals surface area contributed by atoms with Crippen LogP contribution in [0.15, 0.2) is 48.1 Å². The fraction of sp³-hybridized carbons (Fsp3) is 0.438. The van der Waals surface area contributed by atoms with E-state index in [9.17, 15) is 0 Å². The van der Waals surface area contributed by atoms with Gasteiger partial charge in [0.25, 0.3) is 0 Å². The van der Waals surface area contributed by atoms with Gasteiger partial charge in [-0.05, 0) is 37.5 Å². The molecule has 0 N–H and O–H groups in total. The maximum Gasteiger partial charge on any atom is 0.119 e. The first-order valence-corrected chi connectivity index (χ1v) is 6.85. The Balaban J connectivity index is 1.95. The summed E-state index contributed by atoms with van der Waals surface area (Å²) in [6, 6.07) is 9.86. The Hall–Kier alpha value is -1.81. The van der Waals surface area contributed by atoms with E-state index in [0.29, 0.717) is 18.9 Å². The summed E-state index contributed by atoms with van der Waals surface area (Å²) in [6.45, 7) is 5.54. The lowest BCUT2D eigenvalue weighted by Crippen LogP contribution is -2.07. The standard InChI is InChI=1S/C16H23NO3/c1-3-15(17-18-2)14-19-12-8-5-9-13-20-16-10-6-4-7-11-16/h3-4,6-7,10-11H,1,5,8-9,12-14H2,2H3/b17-15+. The molecule has 0 aliphatic rings. The lowest BCUT2D eigenvalue weighted by molar-refractivity contribution is 0.157. The third-order valence-corrected chi connectivity index (χ3v) is 2.64. The highest BCUT2D eigenvalue weighted by Gasteiger charge is 1.96. The topological polar surface area (TPSA) is 40.0 Å². The lowest BCUT2D eigenvalue weighted by Gasteiger charge is -2.06. The van der Waals surface area contributed by atoms with Gasteiger partial charge in [-0.2, -0.15) is 0 Å². The zero-order chi connectivity index (χ0) is 14.5. The van der Waals surface area contributed by atoms with Gasteiger partial charge in [0.1, 0.15) is 18.6 Å². The van der Waals surface area contributed by atoms with E-state index in [-0.39, 0.29) is 0 Å². The van der Waals surface area contributed by atoms with Crippen molar-refractivity contribution in [1.29, 1.82) is 0 Å². The van der Waals surface area contributed by atoms with Crippen LogP contribution in [0.25, 0.3) is 0 Å². The number of ether oxygens (including phenoxy) is 2. The molecule has 0 aliphatic heterocycles. The molecule has 0 unspecified atom stereocenters. The molecule has 0 heterocycles. The first kappa shape index (κ1) is 16.2. The molecule has 0 saturated heterocycles. The van der Waals surface area contributed by atoms with Crippen molar-refractivity contribution >= 4 is 5.71 Å². The molecule has 0 amide bonds. The number of unbranched alkanes of at least 4 members (excludes halogenated alkanes) is 2. The van der Waals surface area contributed by atoms with Crippen LogP contribution >= 0.6 is 0 Å². The van der Waals surface area contributed by atoms with Crippen LogP contribution in [-0.4, -0.2) is 32.6 Å². The van der Waals surface area contributed by atoms with Gasteiger partial charge >= 0.3 is 0 Å². The Labute approximate surface area is 121 Å². The van der Waals surface area contributed by atoms with Crippen molar-refractivity contribution < 1.29 is 14.3 Å². The van der Waals surface area contributed by atoms with Crippen LogP contribution in [0, 0.1) is 0 Å². The molecule has 1 rings (SSSR count). The van der Waals surface area contributed by atoms with E-state index in [4.69, 9.17) is 9.47 Å². The molecular formula is C16H23NO3. The van der Waals surface area contributed by atoms with E-state index < -0.39 is 0 Å². The van der Waals surface area contributed by atoms with Crippen molar-refractivity contribution in [3.63, 3.8) is 0 Å². The fourth-order valence-corrected chi connectivity index (χ4v) is 1.61. The first-order valence-electron chi connectivity index (χ1n) is 6.85. The minimum Gasteiger partial charge on any atom is -0.494 e. The molecule has 4 heteroatoms. The molecule has 0 aromatic heterocycles. The van der Waals surface area contributed by atoms with Crippen LogP contribution < -0.4 is 4.74 Å². The largest absolute Gasteiger partial charge is 0.494 e. The minimum atomic E-state index is 0.442. The number of hydrogen-bond acceptors (Lipinski definition) is 4. The Morgan fingerprint density at radius 2 is 1.90 bits per heavy atom. The summed E-state index contributed by atoms with van der Waals surface area (Å²) in [7, 11) is 1.51. The van der Waals surface area contributed by atoms with Crippen LogP contribution in [-0.2, 0) is 9.57 Å². The van der Waals surface area contributed by atoms with Gasteiger partial charge in [-0.15, -0.1) is 0 Å². The van der Waals surface area contributed by atoms with Crippen LogP contribution in [0.1, 0.15) is 19.3 Å². The summed E-state index contributed by atoms with van der Waals surface area (Å²) in [4.78, 5) is 4.67. The van der Waals surface area contributed by atoms with Gasteiger partial charge in [-0.25, -0.2) is 0 Å². The van der Waals surface area contributed by atoms with Crippen molar-refractivity contribution in [1.82, 2.24) is 0 Å². The molecule has 110 valence electrons. The minimum absolute atomic E-state index is 0.442. The molecule has 0 bridgehead atoms. The fourth-order valence-electron chi connectivity index (χ4n) is 1.61. The van der Waals surface area contributed by atoms with E-state index in [1.807, 2.05) is 30.3 Å². The Morgan fingerprint density at radius 1 is 1.15 bits per heavy atom. The number of hydrogen-bond donors (Lipinski definition) is 0. The quantitative estimate of drug-likeness (QED) is 0.353. The summed E-state index contributed by atoms with van der Waals surface area (Å²) in [5, 5.41) is 3.78. The van der Waals surface area contributed by atoms with Crippen molar-refractivity contribution in [3.05, 3.63) is 43.0 Å². The van der Waals surface area contributed by atoms with E-state index in [0.717, 1.165) is 31.6 Å². The molecule has 0 spiro atoms. The highest BCUT2D eigenvalue weighted by Crippen LogP contribution is 2.09. The number of nitrogens with zero attached hydrogens (tertiary/aromatic N) is 1. The summed E-state index contributed by atoms with van der Waals surface area (Å²) in [5.41, 5.74) is 0.708. The molecular weight excluding hydrogens is 254 g/mol. The molecule has 20 heavy (non-hydrogen) atoms. The zero-order valence-corrected chi connectivity index (χ0v) is 12.1. The van der Waals surface area contributed by atoms with Crippen molar-refractivity contribution in [3.8, 4) is 5.75 Å². The number of rotatable bonds is 11. The maximum absolute atomic E-state index is 5.61. The zero-order valence-electron chi connectivity index (χ0n) is 12.1. The summed E-state index contributed by atoms with van der Waals surface area (Å²) in [6.07, 6.45) is 4.75. The number of oxime groups is 1. The van der Waals surface area contributed by atoms with Gasteiger partial charge in [-0.1, -0.05) is 29.9 Å². The summed E-state index contributed by atoms with van der Waals surface area (Å²) < 4.78 is 11.1.